The van der Waals surface area contributed by atoms with E-state index in [-0.39, 0.29) is 5.91 Å². The van der Waals surface area contributed by atoms with Gasteiger partial charge in [0.25, 0.3) is 0 Å². The minimum absolute atomic E-state index is 0.180. The number of halogens is 1. The topological polar surface area (TPSA) is 29.1 Å². The molecule has 2 rings (SSSR count). The van der Waals surface area contributed by atoms with E-state index in [2.05, 4.69) is 40.3 Å². The van der Waals surface area contributed by atoms with E-state index < -0.39 is 0 Å². The molecule has 3 heteroatoms. The molecule has 0 radical (unpaired) electrons. The molecule has 1 saturated carbocycles. The Morgan fingerprint density at radius 1 is 1.32 bits per heavy atom. The third-order valence-corrected chi connectivity index (χ3v) is 5.01. The fraction of sp³-hybridized carbons (Fsp3) is 0.562. The lowest BCUT2D eigenvalue weighted by Gasteiger charge is -2.28. The summed E-state index contributed by atoms with van der Waals surface area (Å²) < 4.78 is 0. The van der Waals surface area contributed by atoms with Crippen LogP contribution in [0.4, 0.5) is 0 Å². The second kappa shape index (κ2) is 7.09. The molecule has 0 aliphatic heterocycles. The minimum Gasteiger partial charge on any atom is -0.352 e. The first-order chi connectivity index (χ1) is 9.16. The van der Waals surface area contributed by atoms with Crippen molar-refractivity contribution >= 4 is 21.8 Å². The van der Waals surface area contributed by atoms with E-state index in [1.807, 2.05) is 12.1 Å². The van der Waals surface area contributed by atoms with E-state index >= 15 is 0 Å². The Bertz CT molecular complexity index is 433. The van der Waals surface area contributed by atoms with E-state index in [0.29, 0.717) is 17.3 Å². The van der Waals surface area contributed by atoms with Gasteiger partial charge in [-0.25, -0.2) is 0 Å². The Balaban J connectivity index is 1.80. The number of carbonyl (C=O) groups excluding carboxylic acids is 1. The van der Waals surface area contributed by atoms with Crippen LogP contribution in [0.25, 0.3) is 0 Å². The largest absolute Gasteiger partial charge is 0.352 e. The molecule has 0 spiro atoms. The maximum Gasteiger partial charge on any atom is 0.220 e. The molecule has 1 fully saturated rings. The second-order valence-electron chi connectivity index (χ2n) is 5.40. The molecule has 1 aromatic carbocycles. The predicted octanol–water partition coefficient (Wildman–Crippen LogP) is 3.75. The average molecular weight is 324 g/mol. The maximum atomic E-state index is 12.0. The zero-order valence-electron chi connectivity index (χ0n) is 11.5. The number of hydrogen-bond acceptors (Lipinski definition) is 1. The monoisotopic (exact) mass is 323 g/mol. The zero-order valence-corrected chi connectivity index (χ0v) is 13.1. The van der Waals surface area contributed by atoms with Crippen LogP contribution < -0.4 is 5.32 Å². The molecular formula is C16H22BrNO. The predicted molar refractivity (Wildman–Crippen MR) is 82.6 cm³/mol. The number of amides is 1. The van der Waals surface area contributed by atoms with Crippen LogP contribution in [-0.2, 0) is 11.2 Å². The number of benzene rings is 1. The van der Waals surface area contributed by atoms with E-state index in [1.54, 1.807) is 0 Å². The molecule has 1 aromatic rings. The Kier molecular flexibility index (Phi) is 5.44. The van der Waals surface area contributed by atoms with Gasteiger partial charge in [-0.1, -0.05) is 53.0 Å². The number of nitrogens with one attached hydrogen (secondary N) is 1. The molecule has 1 N–H and O–H groups in total. The highest BCUT2D eigenvalue weighted by molar-refractivity contribution is 9.09. The first kappa shape index (κ1) is 14.6. The highest BCUT2D eigenvalue weighted by Crippen LogP contribution is 2.24. The Hall–Kier alpha value is -0.830. The van der Waals surface area contributed by atoms with Gasteiger partial charge < -0.3 is 5.32 Å². The summed E-state index contributed by atoms with van der Waals surface area (Å²) in [5.41, 5.74) is 2.54. The fourth-order valence-electron chi connectivity index (χ4n) is 2.67. The number of hydrogen-bond donors (Lipinski definition) is 1. The quantitative estimate of drug-likeness (QED) is 0.840. The molecule has 0 saturated heterocycles. The highest BCUT2D eigenvalue weighted by atomic mass is 79.9. The third-order valence-electron chi connectivity index (χ3n) is 3.91. The Labute approximate surface area is 124 Å². The molecule has 1 aliphatic rings. The first-order valence-corrected chi connectivity index (χ1v) is 8.06. The minimum atomic E-state index is 0.180. The van der Waals surface area contributed by atoms with Crippen molar-refractivity contribution in [1.82, 2.24) is 5.32 Å². The van der Waals surface area contributed by atoms with Crippen molar-refractivity contribution in [2.24, 2.45) is 0 Å². The number of aryl methyl sites for hydroxylation is 2. The molecule has 19 heavy (non-hydrogen) atoms. The van der Waals surface area contributed by atoms with Gasteiger partial charge in [0.05, 0.1) is 0 Å². The van der Waals surface area contributed by atoms with Crippen molar-refractivity contribution < 1.29 is 4.79 Å². The van der Waals surface area contributed by atoms with Crippen LogP contribution in [0, 0.1) is 6.92 Å². The fourth-order valence-corrected chi connectivity index (χ4v) is 3.39. The molecule has 2 unspecified atom stereocenters. The molecule has 1 amide bonds. The summed E-state index contributed by atoms with van der Waals surface area (Å²) >= 11 is 3.68. The molecule has 104 valence electrons. The smallest absolute Gasteiger partial charge is 0.220 e. The van der Waals surface area contributed by atoms with Crippen molar-refractivity contribution in [3.8, 4) is 0 Å². The first-order valence-electron chi connectivity index (χ1n) is 7.15. The maximum absolute atomic E-state index is 12.0. The van der Waals surface area contributed by atoms with Crippen LogP contribution in [0.2, 0.25) is 0 Å². The van der Waals surface area contributed by atoms with Crippen molar-refractivity contribution in [3.63, 3.8) is 0 Å². The van der Waals surface area contributed by atoms with Gasteiger partial charge in [-0.05, 0) is 37.3 Å². The van der Waals surface area contributed by atoms with Gasteiger partial charge in [0.2, 0.25) is 5.91 Å². The molecule has 2 nitrogen and oxygen atoms in total. The normalized spacial score (nSPS) is 23.1. The van der Waals surface area contributed by atoms with Gasteiger partial charge in [-0.3, -0.25) is 4.79 Å². The van der Waals surface area contributed by atoms with Crippen LogP contribution in [0.5, 0.6) is 0 Å². The summed E-state index contributed by atoms with van der Waals surface area (Å²) in [5.74, 6) is 0.180. The zero-order chi connectivity index (χ0) is 13.7. The van der Waals surface area contributed by atoms with E-state index in [0.717, 1.165) is 12.8 Å². The summed E-state index contributed by atoms with van der Waals surface area (Å²) in [4.78, 5) is 12.5. The van der Waals surface area contributed by atoms with E-state index in [9.17, 15) is 4.79 Å². The number of carbonyl (C=O) groups is 1. The molecule has 2 atom stereocenters. The summed E-state index contributed by atoms with van der Waals surface area (Å²) in [6, 6.07) is 8.60. The lowest BCUT2D eigenvalue weighted by Crippen LogP contribution is -2.42. The molecule has 0 heterocycles. The number of alkyl halides is 1. The molecule has 0 aromatic heterocycles. The highest BCUT2D eigenvalue weighted by Gasteiger charge is 2.23. The average Bonchev–Trinajstić information content (AvgIpc) is 2.40. The molecule has 1 aliphatic carbocycles. The van der Waals surface area contributed by atoms with Crippen molar-refractivity contribution in [2.75, 3.05) is 0 Å². The second-order valence-corrected chi connectivity index (χ2v) is 6.58. The summed E-state index contributed by atoms with van der Waals surface area (Å²) in [6.07, 6.45) is 6.18. The van der Waals surface area contributed by atoms with Crippen molar-refractivity contribution in [3.05, 3.63) is 35.4 Å². The SMILES string of the molecule is Cc1ccccc1CCC(=O)NC1CCCCC1Br. The molecule has 0 bridgehead atoms. The van der Waals surface area contributed by atoms with Gasteiger partial charge >= 0.3 is 0 Å². The number of rotatable bonds is 4. The van der Waals surface area contributed by atoms with Crippen LogP contribution >= 0.6 is 15.9 Å². The van der Waals surface area contributed by atoms with Crippen LogP contribution in [-0.4, -0.2) is 16.8 Å². The summed E-state index contributed by atoms with van der Waals surface area (Å²) in [6.45, 7) is 2.10. The van der Waals surface area contributed by atoms with Crippen LogP contribution in [0.15, 0.2) is 24.3 Å². The van der Waals surface area contributed by atoms with Gasteiger partial charge in [0.15, 0.2) is 0 Å². The van der Waals surface area contributed by atoms with Gasteiger partial charge in [0, 0.05) is 17.3 Å². The lowest BCUT2D eigenvalue weighted by atomic mass is 9.95. The standard InChI is InChI=1S/C16H22BrNO/c1-12-6-2-3-7-13(12)10-11-16(19)18-15-9-5-4-8-14(15)17/h2-3,6-7,14-15H,4-5,8-11H2,1H3,(H,18,19). The van der Waals surface area contributed by atoms with Crippen LogP contribution in [0.1, 0.15) is 43.2 Å². The molecular weight excluding hydrogens is 302 g/mol. The van der Waals surface area contributed by atoms with Crippen molar-refractivity contribution in [1.29, 1.82) is 0 Å². The lowest BCUT2D eigenvalue weighted by molar-refractivity contribution is -0.121. The summed E-state index contributed by atoms with van der Waals surface area (Å²) in [7, 11) is 0. The Morgan fingerprint density at radius 3 is 2.79 bits per heavy atom. The van der Waals surface area contributed by atoms with Crippen molar-refractivity contribution in [2.45, 2.75) is 56.3 Å². The summed E-state index contributed by atoms with van der Waals surface area (Å²) in [5, 5.41) is 3.17. The van der Waals surface area contributed by atoms with E-state index in [4.69, 9.17) is 0 Å². The van der Waals surface area contributed by atoms with Crippen LogP contribution in [0.3, 0.4) is 0 Å². The van der Waals surface area contributed by atoms with Gasteiger partial charge in [-0.15, -0.1) is 0 Å². The third kappa shape index (κ3) is 4.34. The Morgan fingerprint density at radius 2 is 2.05 bits per heavy atom. The van der Waals surface area contributed by atoms with Gasteiger partial charge in [-0.2, -0.15) is 0 Å². The van der Waals surface area contributed by atoms with Gasteiger partial charge in [0.1, 0.15) is 0 Å². The van der Waals surface area contributed by atoms with E-state index in [1.165, 1.54) is 30.4 Å².